The van der Waals surface area contributed by atoms with Crippen LogP contribution in [0.5, 0.6) is 0 Å². The molecule has 1 unspecified atom stereocenters. The first-order chi connectivity index (χ1) is 8.52. The lowest BCUT2D eigenvalue weighted by atomic mass is 10.1. The second-order valence-electron chi connectivity index (χ2n) is 3.97. The highest BCUT2D eigenvalue weighted by molar-refractivity contribution is 7.90. The Kier molecular flexibility index (Phi) is 3.44. The minimum atomic E-state index is -3.25. The third-order valence-corrected chi connectivity index (χ3v) is 3.68. The maximum Gasteiger partial charge on any atom is 0.178 e. The molecule has 0 saturated carbocycles. The van der Waals surface area contributed by atoms with Gasteiger partial charge in [0.05, 0.1) is 12.2 Å². The first-order valence-corrected chi connectivity index (χ1v) is 7.25. The van der Waals surface area contributed by atoms with Crippen molar-refractivity contribution in [3.05, 3.63) is 42.5 Å². The van der Waals surface area contributed by atoms with Crippen LogP contribution in [0, 0.1) is 0 Å². The van der Waals surface area contributed by atoms with Gasteiger partial charge in [-0.25, -0.2) is 8.42 Å². The van der Waals surface area contributed by atoms with E-state index in [9.17, 15) is 8.42 Å². The fraction of sp³-hybridized carbons (Fsp3) is 0.273. The summed E-state index contributed by atoms with van der Waals surface area (Å²) in [6.07, 6.45) is 7.32. The van der Waals surface area contributed by atoms with Gasteiger partial charge in [-0.1, -0.05) is 6.07 Å². The number of hydrogen-bond donors (Lipinski definition) is 1. The van der Waals surface area contributed by atoms with Crippen LogP contribution in [0.15, 0.2) is 41.8 Å². The first-order valence-electron chi connectivity index (χ1n) is 5.36. The van der Waals surface area contributed by atoms with Crippen molar-refractivity contribution in [1.29, 1.82) is 0 Å². The highest BCUT2D eigenvalue weighted by atomic mass is 32.2. The molecule has 0 bridgehead atoms. The Bertz CT molecular complexity index is 622. The molecule has 1 atom stereocenters. The van der Waals surface area contributed by atoms with E-state index in [1.807, 2.05) is 6.07 Å². The minimum Gasteiger partial charge on any atom is -0.328 e. The van der Waals surface area contributed by atoms with Crippen LogP contribution in [0.4, 0.5) is 0 Å². The number of aromatic nitrogens is 3. The summed E-state index contributed by atoms with van der Waals surface area (Å²) in [5.74, 6) is 0. The van der Waals surface area contributed by atoms with E-state index in [0.29, 0.717) is 6.54 Å². The molecule has 0 aromatic carbocycles. The van der Waals surface area contributed by atoms with Crippen molar-refractivity contribution in [2.24, 2.45) is 5.73 Å². The fourth-order valence-electron chi connectivity index (χ4n) is 1.65. The summed E-state index contributed by atoms with van der Waals surface area (Å²) in [4.78, 5) is 4.20. The van der Waals surface area contributed by atoms with Gasteiger partial charge >= 0.3 is 0 Å². The van der Waals surface area contributed by atoms with Crippen LogP contribution in [0.1, 0.15) is 11.6 Å². The summed E-state index contributed by atoms with van der Waals surface area (Å²) in [5.41, 5.74) is 6.61. The Hall–Kier alpha value is -1.73. The molecular weight excluding hydrogens is 252 g/mol. The molecule has 2 rings (SSSR count). The highest BCUT2D eigenvalue weighted by Crippen LogP contribution is 2.17. The molecule has 7 heteroatoms. The summed E-state index contributed by atoms with van der Waals surface area (Å²) in [6, 6.07) is 3.47. The van der Waals surface area contributed by atoms with Crippen LogP contribution in [0.3, 0.4) is 0 Å². The molecule has 2 aromatic heterocycles. The van der Waals surface area contributed by atoms with Gasteiger partial charge in [-0.2, -0.15) is 5.10 Å². The van der Waals surface area contributed by atoms with Crippen molar-refractivity contribution in [2.45, 2.75) is 10.9 Å². The van der Waals surface area contributed by atoms with Crippen LogP contribution in [-0.2, 0) is 9.84 Å². The molecule has 0 aliphatic carbocycles. The molecule has 2 N–H and O–H groups in total. The maximum atomic E-state index is 11.4. The predicted molar refractivity (Wildman–Crippen MR) is 66.8 cm³/mol. The van der Waals surface area contributed by atoms with Crippen LogP contribution >= 0.6 is 0 Å². The molecule has 0 aliphatic heterocycles. The molecule has 0 radical (unpaired) electrons. The number of nitrogens with two attached hydrogens (primary N) is 1. The smallest absolute Gasteiger partial charge is 0.178 e. The topological polar surface area (TPSA) is 90.9 Å². The van der Waals surface area contributed by atoms with Gasteiger partial charge in [0, 0.05) is 31.4 Å². The molecule has 18 heavy (non-hydrogen) atoms. The molecule has 2 aromatic rings. The van der Waals surface area contributed by atoms with Gasteiger partial charge in [0.25, 0.3) is 0 Å². The van der Waals surface area contributed by atoms with Gasteiger partial charge in [0.15, 0.2) is 9.84 Å². The predicted octanol–water partition coefficient (Wildman–Crippen LogP) is 0.230. The number of pyridine rings is 1. The standard InChI is InChI=1S/C11H14N4O2S/c1-18(16,17)10-7-14-15(8-10)11(5-12)9-3-2-4-13-6-9/h2-4,6-8,11H,5,12H2,1H3. The SMILES string of the molecule is CS(=O)(=O)c1cnn(C(CN)c2cccnc2)c1. The molecule has 2 heterocycles. The number of nitrogens with zero attached hydrogens (tertiary/aromatic N) is 3. The molecule has 0 amide bonds. The summed E-state index contributed by atoms with van der Waals surface area (Å²) in [5, 5.41) is 4.06. The highest BCUT2D eigenvalue weighted by Gasteiger charge is 2.16. The first kappa shape index (κ1) is 12.7. The molecular formula is C11H14N4O2S. The normalized spacial score (nSPS) is 13.4. The van der Waals surface area contributed by atoms with E-state index in [1.165, 1.54) is 12.4 Å². The Morgan fingerprint density at radius 2 is 2.22 bits per heavy atom. The lowest BCUT2D eigenvalue weighted by Crippen LogP contribution is -2.21. The lowest BCUT2D eigenvalue weighted by Gasteiger charge is -2.15. The summed E-state index contributed by atoms with van der Waals surface area (Å²) >= 11 is 0. The van der Waals surface area contributed by atoms with E-state index in [1.54, 1.807) is 23.1 Å². The molecule has 0 fully saturated rings. The van der Waals surface area contributed by atoms with Gasteiger partial charge < -0.3 is 5.73 Å². The Morgan fingerprint density at radius 3 is 2.72 bits per heavy atom. The number of sulfone groups is 1. The Balaban J connectivity index is 2.38. The minimum absolute atomic E-state index is 0.185. The van der Waals surface area contributed by atoms with Gasteiger partial charge in [0.2, 0.25) is 0 Å². The van der Waals surface area contributed by atoms with Crippen molar-refractivity contribution in [3.63, 3.8) is 0 Å². The Morgan fingerprint density at radius 1 is 1.44 bits per heavy atom. The van der Waals surface area contributed by atoms with E-state index >= 15 is 0 Å². The van der Waals surface area contributed by atoms with Gasteiger partial charge in [0.1, 0.15) is 4.90 Å². The van der Waals surface area contributed by atoms with Crippen LogP contribution < -0.4 is 5.73 Å². The monoisotopic (exact) mass is 266 g/mol. The quantitative estimate of drug-likeness (QED) is 0.855. The van der Waals surface area contributed by atoms with Crippen molar-refractivity contribution in [2.75, 3.05) is 12.8 Å². The molecule has 0 saturated heterocycles. The van der Waals surface area contributed by atoms with E-state index in [2.05, 4.69) is 10.1 Å². The molecule has 96 valence electrons. The summed E-state index contributed by atoms with van der Waals surface area (Å²) < 4.78 is 24.3. The van der Waals surface area contributed by atoms with Crippen LogP contribution in [0.25, 0.3) is 0 Å². The third kappa shape index (κ3) is 2.57. The zero-order valence-corrected chi connectivity index (χ0v) is 10.7. The molecule has 0 aliphatic rings. The summed E-state index contributed by atoms with van der Waals surface area (Å²) in [7, 11) is -3.25. The second kappa shape index (κ2) is 4.87. The largest absolute Gasteiger partial charge is 0.328 e. The van der Waals surface area contributed by atoms with E-state index in [0.717, 1.165) is 11.8 Å². The zero-order valence-electron chi connectivity index (χ0n) is 9.89. The average molecular weight is 266 g/mol. The maximum absolute atomic E-state index is 11.4. The second-order valence-corrected chi connectivity index (χ2v) is 5.98. The third-order valence-electron chi connectivity index (χ3n) is 2.62. The summed E-state index contributed by atoms with van der Waals surface area (Å²) in [6.45, 7) is 0.316. The van der Waals surface area contributed by atoms with E-state index < -0.39 is 9.84 Å². The van der Waals surface area contributed by atoms with Crippen LogP contribution in [0.2, 0.25) is 0 Å². The fourth-order valence-corrected chi connectivity index (χ4v) is 2.19. The number of hydrogen-bond acceptors (Lipinski definition) is 5. The lowest BCUT2D eigenvalue weighted by molar-refractivity contribution is 0.529. The van der Waals surface area contributed by atoms with Crippen molar-refractivity contribution >= 4 is 9.84 Å². The number of rotatable bonds is 4. The zero-order chi connectivity index (χ0) is 13.2. The molecule has 0 spiro atoms. The van der Waals surface area contributed by atoms with Crippen LogP contribution in [-0.4, -0.2) is 36.0 Å². The van der Waals surface area contributed by atoms with Gasteiger partial charge in [-0.3, -0.25) is 9.67 Å². The van der Waals surface area contributed by atoms with Crippen molar-refractivity contribution < 1.29 is 8.42 Å². The van der Waals surface area contributed by atoms with Crippen molar-refractivity contribution in [3.8, 4) is 0 Å². The molecule has 6 nitrogen and oxygen atoms in total. The van der Waals surface area contributed by atoms with Crippen molar-refractivity contribution in [1.82, 2.24) is 14.8 Å². The Labute approximate surface area is 105 Å². The average Bonchev–Trinajstić information content (AvgIpc) is 2.81. The van der Waals surface area contributed by atoms with E-state index in [4.69, 9.17) is 5.73 Å². The van der Waals surface area contributed by atoms with Gasteiger partial charge in [-0.15, -0.1) is 0 Å². The van der Waals surface area contributed by atoms with E-state index in [-0.39, 0.29) is 10.9 Å². The van der Waals surface area contributed by atoms with Gasteiger partial charge in [-0.05, 0) is 11.6 Å².